The third-order valence-corrected chi connectivity index (χ3v) is 6.99. The average molecular weight is 540 g/mol. The van der Waals surface area contributed by atoms with Crippen molar-refractivity contribution in [1.82, 2.24) is 4.98 Å². The zero-order valence-electron chi connectivity index (χ0n) is 18.2. The van der Waals surface area contributed by atoms with E-state index in [1.807, 2.05) is 47.8 Å². The monoisotopic (exact) mass is 539 g/mol. The van der Waals surface area contributed by atoms with Gasteiger partial charge < -0.3 is 10.6 Å². The summed E-state index contributed by atoms with van der Waals surface area (Å²) in [5.41, 5.74) is 3.06. The van der Waals surface area contributed by atoms with Crippen molar-refractivity contribution >= 4 is 75.0 Å². The lowest BCUT2D eigenvalue weighted by Gasteiger charge is -2.05. The van der Waals surface area contributed by atoms with E-state index < -0.39 is 0 Å². The first-order valence-electron chi connectivity index (χ1n) is 10.4. The molecule has 0 atom stereocenters. The summed E-state index contributed by atoms with van der Waals surface area (Å²) in [6, 6.07) is 22.1. The fraction of sp³-hybridized carbons (Fsp3) is 0.0385. The van der Waals surface area contributed by atoms with Crippen LogP contribution in [-0.2, 0) is 9.59 Å². The second kappa shape index (κ2) is 12.0. The number of benzene rings is 3. The van der Waals surface area contributed by atoms with Gasteiger partial charge in [-0.25, -0.2) is 4.98 Å². The molecule has 0 saturated carbocycles. The molecular weight excluding hydrogens is 521 g/mol. The molecule has 3 aromatic carbocycles. The van der Waals surface area contributed by atoms with Crippen LogP contribution < -0.4 is 10.6 Å². The molecule has 4 rings (SSSR count). The van der Waals surface area contributed by atoms with Crippen LogP contribution in [-0.4, -0.2) is 22.6 Å². The van der Waals surface area contributed by atoms with Gasteiger partial charge in [-0.15, -0.1) is 23.1 Å². The first-order chi connectivity index (χ1) is 17.0. The number of carbonyl (C=O) groups is 2. The summed E-state index contributed by atoms with van der Waals surface area (Å²) in [4.78, 5) is 29.8. The van der Waals surface area contributed by atoms with Gasteiger partial charge in [0.1, 0.15) is 0 Å². The Hall–Kier alpha value is -3.10. The maximum atomic E-state index is 12.4. The van der Waals surface area contributed by atoms with Gasteiger partial charge in [-0.05, 0) is 54.1 Å². The van der Waals surface area contributed by atoms with Gasteiger partial charge in [-0.2, -0.15) is 0 Å². The van der Waals surface area contributed by atoms with Crippen LogP contribution in [0.15, 0.2) is 89.1 Å². The zero-order valence-corrected chi connectivity index (χ0v) is 21.3. The number of anilines is 2. The molecule has 9 heteroatoms. The van der Waals surface area contributed by atoms with Gasteiger partial charge >= 0.3 is 0 Å². The summed E-state index contributed by atoms with van der Waals surface area (Å²) in [5, 5.41) is 9.02. The van der Waals surface area contributed by atoms with Crippen molar-refractivity contribution in [3.63, 3.8) is 0 Å². The van der Waals surface area contributed by atoms with Crippen LogP contribution in [0.25, 0.3) is 17.3 Å². The molecule has 1 heterocycles. The third-order valence-electron chi connectivity index (χ3n) is 4.68. The molecule has 0 fully saturated rings. The molecule has 2 amide bonds. The highest BCUT2D eigenvalue weighted by Crippen LogP contribution is 2.32. The summed E-state index contributed by atoms with van der Waals surface area (Å²) >= 11 is 14.9. The summed E-state index contributed by atoms with van der Waals surface area (Å²) in [5.74, 6) is -0.153. The van der Waals surface area contributed by atoms with Crippen molar-refractivity contribution in [3.8, 4) is 11.3 Å². The van der Waals surface area contributed by atoms with E-state index in [9.17, 15) is 9.59 Å². The second-order valence-corrected chi connectivity index (χ2v) is 10.0. The molecule has 0 aliphatic heterocycles. The smallest absolute Gasteiger partial charge is 0.248 e. The Labute approximate surface area is 221 Å². The number of carbonyl (C=O) groups excluding carboxylic acids is 2. The number of nitrogens with one attached hydrogen (secondary N) is 2. The number of hydrogen-bond donors (Lipinski definition) is 2. The number of nitrogens with zero attached hydrogens (tertiary/aromatic N) is 1. The molecule has 5 nitrogen and oxygen atoms in total. The van der Waals surface area contributed by atoms with Crippen LogP contribution in [0.1, 0.15) is 5.56 Å². The van der Waals surface area contributed by atoms with Crippen LogP contribution in [0.4, 0.5) is 10.8 Å². The summed E-state index contributed by atoms with van der Waals surface area (Å²) in [6.45, 7) is 0. The fourth-order valence-corrected chi connectivity index (χ4v) is 4.94. The van der Waals surface area contributed by atoms with E-state index in [2.05, 4.69) is 15.6 Å². The Morgan fingerprint density at radius 1 is 0.971 bits per heavy atom. The molecule has 0 radical (unpaired) electrons. The van der Waals surface area contributed by atoms with E-state index in [1.54, 1.807) is 36.4 Å². The summed E-state index contributed by atoms with van der Waals surface area (Å²) in [6.07, 6.45) is 3.25. The van der Waals surface area contributed by atoms with Crippen molar-refractivity contribution in [2.24, 2.45) is 0 Å². The van der Waals surface area contributed by atoms with Crippen LogP contribution in [0.3, 0.4) is 0 Å². The van der Waals surface area contributed by atoms with Crippen LogP contribution in [0, 0.1) is 0 Å². The number of rotatable bonds is 8. The predicted octanol–water partition coefficient (Wildman–Crippen LogP) is 7.50. The SMILES string of the molecule is O=C(/C=C/c1ccccc1)Nc1ccc(SCC(=O)Nc2nc(-c3ccc(Cl)cc3Cl)cs2)cc1. The first kappa shape index (κ1) is 25.0. The van der Waals surface area contributed by atoms with E-state index in [0.29, 0.717) is 26.6 Å². The minimum Gasteiger partial charge on any atom is -0.323 e. The van der Waals surface area contributed by atoms with Crippen molar-refractivity contribution in [3.05, 3.63) is 99.9 Å². The largest absolute Gasteiger partial charge is 0.323 e. The van der Waals surface area contributed by atoms with Crippen molar-refractivity contribution in [2.75, 3.05) is 16.4 Å². The molecule has 0 aliphatic carbocycles. The summed E-state index contributed by atoms with van der Waals surface area (Å²) in [7, 11) is 0. The van der Waals surface area contributed by atoms with E-state index in [4.69, 9.17) is 23.2 Å². The average Bonchev–Trinajstić information content (AvgIpc) is 3.31. The Morgan fingerprint density at radius 3 is 2.49 bits per heavy atom. The van der Waals surface area contributed by atoms with Gasteiger partial charge in [0.05, 0.1) is 16.5 Å². The molecule has 0 unspecified atom stereocenters. The molecule has 0 spiro atoms. The molecule has 1 aromatic heterocycles. The number of hydrogen-bond acceptors (Lipinski definition) is 5. The van der Waals surface area contributed by atoms with Gasteiger partial charge in [-0.1, -0.05) is 53.5 Å². The third kappa shape index (κ3) is 7.44. The molecule has 0 bridgehead atoms. The fourth-order valence-electron chi connectivity index (χ4n) is 3.01. The van der Waals surface area contributed by atoms with Crippen molar-refractivity contribution in [2.45, 2.75) is 4.90 Å². The lowest BCUT2D eigenvalue weighted by atomic mass is 10.2. The maximum absolute atomic E-state index is 12.4. The van der Waals surface area contributed by atoms with E-state index in [-0.39, 0.29) is 17.6 Å². The molecule has 0 aliphatic rings. The molecular formula is C26H19Cl2N3O2S2. The second-order valence-electron chi connectivity index (χ2n) is 7.26. The lowest BCUT2D eigenvalue weighted by molar-refractivity contribution is -0.114. The Kier molecular flexibility index (Phi) is 8.60. The van der Waals surface area contributed by atoms with E-state index in [0.717, 1.165) is 16.0 Å². The normalized spacial score (nSPS) is 10.9. The van der Waals surface area contributed by atoms with Crippen LogP contribution in [0.5, 0.6) is 0 Å². The minimum absolute atomic E-state index is 0.165. The summed E-state index contributed by atoms with van der Waals surface area (Å²) < 4.78 is 0. The van der Waals surface area contributed by atoms with Crippen LogP contribution in [0.2, 0.25) is 10.0 Å². The standard InChI is InChI=1S/C26H19Cl2N3O2S2/c27-18-7-12-21(22(28)14-18)23-15-35-26(30-23)31-25(33)16-34-20-10-8-19(9-11-20)29-24(32)13-6-17-4-2-1-3-5-17/h1-15H,16H2,(H,29,32)(H,30,31,33)/b13-6+. The topological polar surface area (TPSA) is 71.1 Å². The van der Waals surface area contributed by atoms with Gasteiger partial charge in [-0.3, -0.25) is 9.59 Å². The maximum Gasteiger partial charge on any atom is 0.248 e. The Balaban J connectivity index is 1.25. The zero-order chi connectivity index (χ0) is 24.6. The molecule has 4 aromatic rings. The van der Waals surface area contributed by atoms with Gasteiger partial charge in [0.25, 0.3) is 0 Å². The van der Waals surface area contributed by atoms with Crippen molar-refractivity contribution < 1.29 is 9.59 Å². The first-order valence-corrected chi connectivity index (χ1v) is 13.1. The lowest BCUT2D eigenvalue weighted by Crippen LogP contribution is -2.13. The highest BCUT2D eigenvalue weighted by molar-refractivity contribution is 8.00. The van der Waals surface area contributed by atoms with Gasteiger partial charge in [0.15, 0.2) is 5.13 Å². The number of thioether (sulfide) groups is 1. The molecule has 35 heavy (non-hydrogen) atoms. The van der Waals surface area contributed by atoms with Crippen LogP contribution >= 0.6 is 46.3 Å². The molecule has 176 valence electrons. The van der Waals surface area contributed by atoms with Gasteiger partial charge in [0.2, 0.25) is 11.8 Å². The number of aromatic nitrogens is 1. The highest BCUT2D eigenvalue weighted by atomic mass is 35.5. The predicted molar refractivity (Wildman–Crippen MR) is 147 cm³/mol. The molecule has 0 saturated heterocycles. The molecule has 2 N–H and O–H groups in total. The highest BCUT2D eigenvalue weighted by Gasteiger charge is 2.11. The Bertz CT molecular complexity index is 1360. The van der Waals surface area contributed by atoms with E-state index >= 15 is 0 Å². The quantitative estimate of drug-likeness (QED) is 0.179. The number of halogens is 2. The van der Waals surface area contributed by atoms with Gasteiger partial charge in [0, 0.05) is 32.6 Å². The van der Waals surface area contributed by atoms with Crippen molar-refractivity contribution in [1.29, 1.82) is 0 Å². The van der Waals surface area contributed by atoms with E-state index in [1.165, 1.54) is 29.2 Å². The minimum atomic E-state index is -0.212. The number of amides is 2. The Morgan fingerprint density at radius 2 is 1.74 bits per heavy atom. The number of thiazole rings is 1.